The molecule has 0 unspecified atom stereocenters. The molecule has 0 bridgehead atoms. The van der Waals surface area contributed by atoms with Gasteiger partial charge in [-0.25, -0.2) is 4.98 Å². The first-order chi connectivity index (χ1) is 5.68. The molecule has 0 aliphatic heterocycles. The van der Waals surface area contributed by atoms with Crippen molar-refractivity contribution in [2.75, 3.05) is 0 Å². The molecule has 0 aromatic carbocycles. The van der Waals surface area contributed by atoms with Crippen molar-refractivity contribution in [2.24, 2.45) is 0 Å². The zero-order chi connectivity index (χ0) is 8.72. The minimum Gasteiger partial charge on any atom is -0.310 e. The zero-order valence-electron chi connectivity index (χ0n) is 6.18. The third-order valence-electron chi connectivity index (χ3n) is 1.50. The van der Waals surface area contributed by atoms with Crippen molar-refractivity contribution in [3.63, 3.8) is 0 Å². The summed E-state index contributed by atoms with van der Waals surface area (Å²) in [4.78, 5) is 17.7. The monoisotopic (exact) mass is 184 g/mol. The first kappa shape index (κ1) is 7.30. The fourth-order valence-corrected chi connectivity index (χ4v) is 1.22. The summed E-state index contributed by atoms with van der Waals surface area (Å²) < 4.78 is 0. The Labute approximate surface area is 71.8 Å². The van der Waals surface area contributed by atoms with Gasteiger partial charge in [0, 0.05) is 0 Å². The summed E-state index contributed by atoms with van der Waals surface area (Å²) in [6.45, 7) is 1.68. The fraction of sp³-hybridized carbons (Fsp3) is 0.167. The van der Waals surface area contributed by atoms with E-state index in [1.54, 1.807) is 6.92 Å². The minimum absolute atomic E-state index is 0.221. The Hall–Kier alpha value is -1.36. The number of nitrogens with zero attached hydrogens (tertiary/aromatic N) is 2. The van der Waals surface area contributed by atoms with E-state index in [4.69, 9.17) is 11.6 Å². The zero-order valence-corrected chi connectivity index (χ0v) is 6.94. The molecular weight excluding hydrogens is 180 g/mol. The van der Waals surface area contributed by atoms with Crippen LogP contribution in [0.25, 0.3) is 11.0 Å². The molecule has 0 aliphatic rings. The molecule has 2 N–H and O–H groups in total. The fourth-order valence-electron chi connectivity index (χ4n) is 1.01. The first-order valence-electron chi connectivity index (χ1n) is 3.29. The molecule has 12 heavy (non-hydrogen) atoms. The third kappa shape index (κ3) is 0.902. The number of aryl methyl sites for hydroxylation is 1. The molecule has 0 saturated heterocycles. The molecule has 2 aromatic heterocycles. The summed E-state index contributed by atoms with van der Waals surface area (Å²) in [5.41, 5.74) is 0.0810. The highest BCUT2D eigenvalue weighted by Gasteiger charge is 2.08. The van der Waals surface area contributed by atoms with Gasteiger partial charge in [-0.3, -0.25) is 9.89 Å². The molecule has 5 nitrogen and oxygen atoms in total. The van der Waals surface area contributed by atoms with Crippen molar-refractivity contribution < 1.29 is 0 Å². The van der Waals surface area contributed by atoms with Crippen LogP contribution in [0.1, 0.15) is 5.82 Å². The number of aromatic nitrogens is 4. The normalized spacial score (nSPS) is 10.8. The first-order valence-corrected chi connectivity index (χ1v) is 3.67. The number of rotatable bonds is 0. The van der Waals surface area contributed by atoms with Gasteiger partial charge in [0.25, 0.3) is 5.56 Å². The van der Waals surface area contributed by atoms with Gasteiger partial charge in [-0.2, -0.15) is 5.10 Å². The molecule has 2 rings (SSSR count). The number of aromatic amines is 2. The molecule has 0 aliphatic carbocycles. The Kier molecular flexibility index (Phi) is 1.41. The van der Waals surface area contributed by atoms with Gasteiger partial charge in [-0.1, -0.05) is 11.6 Å². The predicted molar refractivity (Wildman–Crippen MR) is 44.3 cm³/mol. The van der Waals surface area contributed by atoms with Gasteiger partial charge in [0.2, 0.25) is 0 Å². The lowest BCUT2D eigenvalue weighted by Crippen LogP contribution is -2.08. The van der Waals surface area contributed by atoms with Crippen LogP contribution >= 0.6 is 11.6 Å². The number of nitrogens with one attached hydrogen (secondary N) is 2. The molecule has 62 valence electrons. The highest BCUT2D eigenvalue weighted by molar-refractivity contribution is 6.33. The van der Waals surface area contributed by atoms with E-state index in [0.29, 0.717) is 16.9 Å². The number of hydrogen-bond acceptors (Lipinski definition) is 3. The maximum atomic E-state index is 11.2. The third-order valence-corrected chi connectivity index (χ3v) is 1.77. The average Bonchev–Trinajstić information content (AvgIpc) is 2.31. The largest absolute Gasteiger partial charge is 0.310 e. The topological polar surface area (TPSA) is 74.4 Å². The van der Waals surface area contributed by atoms with E-state index in [2.05, 4.69) is 20.2 Å². The number of halogens is 1. The summed E-state index contributed by atoms with van der Waals surface area (Å²) in [6, 6.07) is 0. The van der Waals surface area contributed by atoms with Gasteiger partial charge < -0.3 is 4.98 Å². The second-order valence-corrected chi connectivity index (χ2v) is 2.77. The predicted octanol–water partition coefficient (Wildman–Crippen LogP) is 0.608. The quantitative estimate of drug-likeness (QED) is 0.630. The number of fused-ring (bicyclic) bond motifs is 1. The van der Waals surface area contributed by atoms with E-state index in [1.165, 1.54) is 0 Å². The molecule has 0 saturated carbocycles. The van der Waals surface area contributed by atoms with E-state index in [0.717, 1.165) is 0 Å². The molecule has 0 atom stereocenters. The van der Waals surface area contributed by atoms with Gasteiger partial charge in [-0.15, -0.1) is 0 Å². The Bertz CT molecular complexity index is 486. The van der Waals surface area contributed by atoms with Crippen LogP contribution in [0.4, 0.5) is 0 Å². The lowest BCUT2D eigenvalue weighted by Gasteiger charge is -1.89. The standard InChI is InChI=1S/C6H5ClN4O/c1-2-8-5-3(6(12)9-2)4(7)10-11-5/h1H3,(H2,8,9,10,11,12). The van der Waals surface area contributed by atoms with E-state index < -0.39 is 0 Å². The van der Waals surface area contributed by atoms with Gasteiger partial charge in [-0.05, 0) is 6.92 Å². The Morgan fingerprint density at radius 3 is 3.00 bits per heavy atom. The van der Waals surface area contributed by atoms with Crippen LogP contribution in [-0.4, -0.2) is 20.2 Å². The summed E-state index contributed by atoms with van der Waals surface area (Å²) in [7, 11) is 0. The smallest absolute Gasteiger partial charge is 0.263 e. The van der Waals surface area contributed by atoms with Crippen molar-refractivity contribution in [1.29, 1.82) is 0 Å². The second kappa shape index (κ2) is 2.31. The highest BCUT2D eigenvalue weighted by atomic mass is 35.5. The van der Waals surface area contributed by atoms with Crippen LogP contribution in [-0.2, 0) is 0 Å². The van der Waals surface area contributed by atoms with Crippen LogP contribution in [0.3, 0.4) is 0 Å². The van der Waals surface area contributed by atoms with Crippen LogP contribution in [0.2, 0.25) is 5.15 Å². The molecule has 0 amide bonds. The Balaban J connectivity index is 3.03. The SMILES string of the molecule is Cc1nc2n[nH]c(Cl)c2c(=O)[nH]1. The molecule has 0 fully saturated rings. The van der Waals surface area contributed by atoms with Crippen LogP contribution in [0.15, 0.2) is 4.79 Å². The maximum Gasteiger partial charge on any atom is 0.263 e. The summed E-state index contributed by atoms with van der Waals surface area (Å²) in [5, 5.41) is 6.76. The van der Waals surface area contributed by atoms with Gasteiger partial charge in [0.1, 0.15) is 16.4 Å². The summed E-state index contributed by atoms with van der Waals surface area (Å²) in [5.74, 6) is 0.524. The van der Waals surface area contributed by atoms with E-state index in [-0.39, 0.29) is 10.7 Å². The molecule has 2 heterocycles. The molecule has 6 heteroatoms. The van der Waals surface area contributed by atoms with Crippen LogP contribution < -0.4 is 5.56 Å². The van der Waals surface area contributed by atoms with Gasteiger partial charge >= 0.3 is 0 Å². The van der Waals surface area contributed by atoms with Gasteiger partial charge in [0.05, 0.1) is 0 Å². The molecule has 0 radical (unpaired) electrons. The van der Waals surface area contributed by atoms with E-state index in [9.17, 15) is 4.79 Å². The second-order valence-electron chi connectivity index (χ2n) is 2.39. The highest BCUT2D eigenvalue weighted by Crippen LogP contribution is 2.13. The van der Waals surface area contributed by atoms with Gasteiger partial charge in [0.15, 0.2) is 5.65 Å². The van der Waals surface area contributed by atoms with Crippen molar-refractivity contribution in [2.45, 2.75) is 6.92 Å². The van der Waals surface area contributed by atoms with E-state index >= 15 is 0 Å². The number of hydrogen-bond donors (Lipinski definition) is 2. The number of H-pyrrole nitrogens is 2. The van der Waals surface area contributed by atoms with Crippen LogP contribution in [0, 0.1) is 6.92 Å². The van der Waals surface area contributed by atoms with Crippen molar-refractivity contribution in [3.8, 4) is 0 Å². The summed E-state index contributed by atoms with van der Waals surface area (Å²) >= 11 is 5.65. The molecular formula is C6H5ClN4O. The molecule has 0 spiro atoms. The van der Waals surface area contributed by atoms with Crippen LogP contribution in [0.5, 0.6) is 0 Å². The molecule has 2 aromatic rings. The minimum atomic E-state index is -0.267. The maximum absolute atomic E-state index is 11.2. The lowest BCUT2D eigenvalue weighted by molar-refractivity contribution is 1.03. The lowest BCUT2D eigenvalue weighted by atomic mass is 10.4. The Morgan fingerprint density at radius 1 is 1.50 bits per heavy atom. The van der Waals surface area contributed by atoms with Crippen molar-refractivity contribution in [3.05, 3.63) is 21.3 Å². The Morgan fingerprint density at radius 2 is 2.25 bits per heavy atom. The average molecular weight is 185 g/mol. The van der Waals surface area contributed by atoms with E-state index in [1.807, 2.05) is 0 Å². The van der Waals surface area contributed by atoms with Crippen molar-refractivity contribution in [1.82, 2.24) is 20.2 Å². The summed E-state index contributed by atoms with van der Waals surface area (Å²) in [6.07, 6.45) is 0. The van der Waals surface area contributed by atoms with Crippen molar-refractivity contribution >= 4 is 22.6 Å².